The molecule has 0 bridgehead atoms. The summed E-state index contributed by atoms with van der Waals surface area (Å²) in [5.41, 5.74) is 2.93. The molecule has 3 rings (SSSR count). The number of fused-ring (bicyclic) bond motifs is 1. The van der Waals surface area contributed by atoms with Gasteiger partial charge in [-0.05, 0) is 36.4 Å². The number of para-hydroxylation sites is 1. The fourth-order valence-electron chi connectivity index (χ4n) is 2.68. The van der Waals surface area contributed by atoms with Crippen LogP contribution in [0, 0.1) is 0 Å². The zero-order chi connectivity index (χ0) is 18.7. The third kappa shape index (κ3) is 3.59. The number of benzene rings is 2. The van der Waals surface area contributed by atoms with Crippen LogP contribution < -0.4 is 15.1 Å². The van der Waals surface area contributed by atoms with E-state index in [0.717, 1.165) is 28.1 Å². The van der Waals surface area contributed by atoms with Gasteiger partial charge < -0.3 is 9.80 Å². The van der Waals surface area contributed by atoms with Crippen LogP contribution in [0.15, 0.2) is 48.5 Å². The van der Waals surface area contributed by atoms with Crippen LogP contribution >= 0.6 is 0 Å². The molecule has 1 aromatic heterocycles. The Morgan fingerprint density at radius 1 is 0.962 bits per heavy atom. The Kier molecular flexibility index (Phi) is 5.02. The average molecular weight is 349 g/mol. The summed E-state index contributed by atoms with van der Waals surface area (Å²) in [5, 5.41) is 3.69. The molecule has 3 aromatic rings. The number of carbonyl (C=O) groups excluding carboxylic acids is 1. The number of rotatable bonds is 5. The Bertz CT molecular complexity index is 921. The number of carbonyl (C=O) groups is 1. The van der Waals surface area contributed by atoms with Crippen molar-refractivity contribution in [3.63, 3.8) is 0 Å². The molecule has 0 aliphatic rings. The van der Waals surface area contributed by atoms with E-state index < -0.39 is 0 Å². The van der Waals surface area contributed by atoms with Crippen molar-refractivity contribution in [2.75, 3.05) is 36.3 Å². The summed E-state index contributed by atoms with van der Waals surface area (Å²) in [6.07, 6.45) is 0.382. The van der Waals surface area contributed by atoms with E-state index in [0.29, 0.717) is 12.4 Å². The number of nitrogens with one attached hydrogen (secondary N) is 1. The zero-order valence-corrected chi connectivity index (χ0v) is 15.5. The largest absolute Gasteiger partial charge is 0.378 e. The van der Waals surface area contributed by atoms with Crippen LogP contribution in [0.2, 0.25) is 0 Å². The lowest BCUT2D eigenvalue weighted by molar-refractivity contribution is -0.115. The first-order valence-corrected chi connectivity index (χ1v) is 8.57. The Morgan fingerprint density at radius 3 is 2.27 bits per heavy atom. The van der Waals surface area contributed by atoms with Gasteiger partial charge in [-0.2, -0.15) is 4.98 Å². The number of nitrogens with zero attached hydrogens (tertiary/aromatic N) is 4. The van der Waals surface area contributed by atoms with Crippen LogP contribution in [-0.4, -0.2) is 37.0 Å². The van der Waals surface area contributed by atoms with Crippen LogP contribution in [0.5, 0.6) is 0 Å². The van der Waals surface area contributed by atoms with E-state index in [-0.39, 0.29) is 5.91 Å². The third-order valence-electron chi connectivity index (χ3n) is 4.23. The minimum atomic E-state index is -0.107. The smallest absolute Gasteiger partial charge is 0.231 e. The Morgan fingerprint density at radius 2 is 1.62 bits per heavy atom. The summed E-state index contributed by atoms with van der Waals surface area (Å²) in [7, 11) is 5.99. The molecule has 6 heteroatoms. The molecule has 0 spiro atoms. The van der Waals surface area contributed by atoms with E-state index in [1.54, 1.807) is 6.92 Å². The first kappa shape index (κ1) is 17.7. The summed E-state index contributed by atoms with van der Waals surface area (Å²) < 4.78 is 0. The minimum absolute atomic E-state index is 0.107. The van der Waals surface area contributed by atoms with Crippen molar-refractivity contribution < 1.29 is 4.79 Å². The molecule has 1 N–H and O–H groups in total. The van der Waals surface area contributed by atoms with Gasteiger partial charge in [-0.1, -0.05) is 19.1 Å². The van der Waals surface area contributed by atoms with E-state index >= 15 is 0 Å². The van der Waals surface area contributed by atoms with E-state index in [9.17, 15) is 4.79 Å². The third-order valence-corrected chi connectivity index (χ3v) is 4.23. The summed E-state index contributed by atoms with van der Waals surface area (Å²) in [5.74, 6) is 0.964. The predicted molar refractivity (Wildman–Crippen MR) is 107 cm³/mol. The minimum Gasteiger partial charge on any atom is -0.378 e. The highest BCUT2D eigenvalue weighted by molar-refractivity contribution is 5.95. The molecule has 0 radical (unpaired) electrons. The molecule has 6 nitrogen and oxygen atoms in total. The average Bonchev–Trinajstić information content (AvgIpc) is 2.66. The number of amides is 1. The van der Waals surface area contributed by atoms with Crippen LogP contribution in [0.4, 0.5) is 23.1 Å². The number of aromatic nitrogens is 2. The summed E-state index contributed by atoms with van der Waals surface area (Å²) in [6.45, 7) is 1.80. The summed E-state index contributed by atoms with van der Waals surface area (Å²) in [4.78, 5) is 24.9. The molecule has 1 heterocycles. The molecule has 134 valence electrons. The monoisotopic (exact) mass is 349 g/mol. The van der Waals surface area contributed by atoms with Crippen LogP contribution in [0.3, 0.4) is 0 Å². The number of hydrogen-bond donors (Lipinski definition) is 1. The van der Waals surface area contributed by atoms with Crippen molar-refractivity contribution in [2.45, 2.75) is 13.3 Å². The molecule has 0 saturated heterocycles. The molecule has 26 heavy (non-hydrogen) atoms. The highest BCUT2D eigenvalue weighted by atomic mass is 16.1. The van der Waals surface area contributed by atoms with Gasteiger partial charge in [-0.3, -0.25) is 10.1 Å². The molecule has 0 fully saturated rings. The van der Waals surface area contributed by atoms with Crippen molar-refractivity contribution in [2.24, 2.45) is 0 Å². The molecule has 0 aliphatic carbocycles. The second-order valence-electron chi connectivity index (χ2n) is 6.26. The van der Waals surface area contributed by atoms with Gasteiger partial charge in [0.05, 0.1) is 5.52 Å². The highest BCUT2D eigenvalue weighted by Gasteiger charge is 2.14. The van der Waals surface area contributed by atoms with Crippen molar-refractivity contribution in [1.82, 2.24) is 9.97 Å². The lowest BCUT2D eigenvalue weighted by Crippen LogP contribution is -2.17. The van der Waals surface area contributed by atoms with Gasteiger partial charge in [0.15, 0.2) is 0 Å². The van der Waals surface area contributed by atoms with Crippen molar-refractivity contribution in [3.8, 4) is 0 Å². The maximum Gasteiger partial charge on any atom is 0.231 e. The number of hydrogen-bond acceptors (Lipinski definition) is 5. The molecular weight excluding hydrogens is 326 g/mol. The second kappa shape index (κ2) is 7.39. The van der Waals surface area contributed by atoms with Crippen molar-refractivity contribution in [3.05, 3.63) is 48.5 Å². The van der Waals surface area contributed by atoms with Gasteiger partial charge in [0.2, 0.25) is 11.9 Å². The maximum absolute atomic E-state index is 11.8. The molecule has 2 aromatic carbocycles. The molecule has 1 amide bonds. The van der Waals surface area contributed by atoms with Gasteiger partial charge in [0.25, 0.3) is 0 Å². The Hall–Kier alpha value is -3.15. The van der Waals surface area contributed by atoms with E-state index in [1.807, 2.05) is 50.3 Å². The highest BCUT2D eigenvalue weighted by Crippen LogP contribution is 2.30. The van der Waals surface area contributed by atoms with Crippen LogP contribution in [-0.2, 0) is 4.79 Å². The zero-order valence-electron chi connectivity index (χ0n) is 15.5. The van der Waals surface area contributed by atoms with E-state index in [1.165, 1.54) is 0 Å². The molecule has 0 unspecified atom stereocenters. The van der Waals surface area contributed by atoms with Gasteiger partial charge in [-0.25, -0.2) is 4.98 Å². The quantitative estimate of drug-likeness (QED) is 0.759. The first-order valence-electron chi connectivity index (χ1n) is 8.57. The van der Waals surface area contributed by atoms with Gasteiger partial charge in [-0.15, -0.1) is 0 Å². The van der Waals surface area contributed by atoms with E-state index in [2.05, 4.69) is 44.5 Å². The van der Waals surface area contributed by atoms with Crippen molar-refractivity contribution in [1.29, 1.82) is 0 Å². The lowest BCUT2D eigenvalue weighted by Gasteiger charge is -2.22. The van der Waals surface area contributed by atoms with Crippen LogP contribution in [0.25, 0.3) is 10.9 Å². The SMILES string of the molecule is CCC(=O)Nc1nc(N(C)c2ccc(N(C)C)cc2)c2ccccc2n1. The van der Waals surface area contributed by atoms with Gasteiger partial charge in [0, 0.05) is 44.3 Å². The molecule has 0 saturated carbocycles. The molecule has 0 atom stereocenters. The fraction of sp³-hybridized carbons (Fsp3) is 0.250. The van der Waals surface area contributed by atoms with Crippen LogP contribution in [0.1, 0.15) is 13.3 Å². The summed E-state index contributed by atoms with van der Waals surface area (Å²) in [6, 6.07) is 16.0. The topological polar surface area (TPSA) is 61.4 Å². The Balaban J connectivity index is 2.05. The van der Waals surface area contributed by atoms with Gasteiger partial charge >= 0.3 is 0 Å². The fourth-order valence-corrected chi connectivity index (χ4v) is 2.68. The van der Waals surface area contributed by atoms with Crippen molar-refractivity contribution >= 4 is 40.0 Å². The molecular formula is C20H23N5O. The Labute approximate surface area is 153 Å². The normalized spacial score (nSPS) is 10.6. The first-order chi connectivity index (χ1) is 12.5. The molecule has 0 aliphatic heterocycles. The lowest BCUT2D eigenvalue weighted by atomic mass is 10.2. The second-order valence-corrected chi connectivity index (χ2v) is 6.26. The van der Waals surface area contributed by atoms with Gasteiger partial charge in [0.1, 0.15) is 5.82 Å². The predicted octanol–water partition coefficient (Wildman–Crippen LogP) is 3.81. The van der Waals surface area contributed by atoms with E-state index in [4.69, 9.17) is 0 Å². The summed E-state index contributed by atoms with van der Waals surface area (Å²) >= 11 is 0. The standard InChI is InChI=1S/C20H23N5O/c1-5-18(26)22-20-21-17-9-7-6-8-16(17)19(23-20)25(4)15-12-10-14(11-13-15)24(2)3/h6-13H,5H2,1-4H3,(H,21,22,23,26). The maximum atomic E-state index is 11.8. The number of anilines is 4.